The lowest BCUT2D eigenvalue weighted by molar-refractivity contribution is -0.159. The summed E-state index contributed by atoms with van der Waals surface area (Å²) in [5.74, 6) is -0.810. The first kappa shape index (κ1) is 26.0. The minimum absolute atomic E-state index is 0.0184. The fourth-order valence-corrected chi connectivity index (χ4v) is 5.57. The molecule has 2 aliphatic carbocycles. The highest BCUT2D eigenvalue weighted by atomic mass is 16.7. The molecule has 8 nitrogen and oxygen atoms in total. The second kappa shape index (κ2) is 10.8. The van der Waals surface area contributed by atoms with Crippen molar-refractivity contribution < 1.29 is 34.1 Å². The summed E-state index contributed by atoms with van der Waals surface area (Å²) in [6.07, 6.45) is 7.09. The highest BCUT2D eigenvalue weighted by molar-refractivity contribution is 5.75. The Hall–Kier alpha value is -2.61. The molecule has 34 heavy (non-hydrogen) atoms. The van der Waals surface area contributed by atoms with Gasteiger partial charge in [-0.1, -0.05) is 18.9 Å². The zero-order valence-corrected chi connectivity index (χ0v) is 20.4. The summed E-state index contributed by atoms with van der Waals surface area (Å²) in [6.45, 7) is 6.66. The van der Waals surface area contributed by atoms with Crippen LogP contribution in [0.4, 0.5) is 0 Å². The van der Waals surface area contributed by atoms with Gasteiger partial charge < -0.3 is 25.0 Å². The van der Waals surface area contributed by atoms with Crippen LogP contribution in [0.3, 0.4) is 0 Å². The van der Waals surface area contributed by atoms with E-state index >= 15 is 0 Å². The van der Waals surface area contributed by atoms with Gasteiger partial charge in [-0.2, -0.15) is 0 Å². The molecule has 3 atom stereocenters. The largest absolute Gasteiger partial charge is 0.481 e. The number of piperidine rings is 1. The van der Waals surface area contributed by atoms with Gasteiger partial charge in [-0.25, -0.2) is 0 Å². The number of fused-ring (bicyclic) bond motifs is 1. The summed E-state index contributed by atoms with van der Waals surface area (Å²) >= 11 is 0. The number of benzene rings is 1. The van der Waals surface area contributed by atoms with Gasteiger partial charge in [0.15, 0.2) is 0 Å². The molecule has 1 heterocycles. The number of aliphatic carboxylic acids is 2. The Kier molecular flexibility index (Phi) is 8.23. The molecule has 1 saturated carbocycles. The third-order valence-electron chi connectivity index (χ3n) is 7.20. The number of hydrogen-bond donors (Lipinski definition) is 3. The molecule has 3 N–H and O–H groups in total. The Morgan fingerprint density at radius 1 is 1.09 bits per heavy atom. The molecule has 1 aromatic carbocycles. The zero-order chi connectivity index (χ0) is 24.9. The van der Waals surface area contributed by atoms with Crippen LogP contribution >= 0.6 is 0 Å². The van der Waals surface area contributed by atoms with Gasteiger partial charge >= 0.3 is 17.9 Å². The predicted molar refractivity (Wildman–Crippen MR) is 126 cm³/mol. The second-order valence-electron chi connectivity index (χ2n) is 10.6. The number of carboxylic acids is 2. The van der Waals surface area contributed by atoms with Gasteiger partial charge in [-0.05, 0) is 82.2 Å². The summed E-state index contributed by atoms with van der Waals surface area (Å²) in [4.78, 5) is 31.2. The monoisotopic (exact) mass is 475 g/mol. The minimum atomic E-state index is -1.08. The number of carboxylic acid groups (broad SMARTS) is 2. The van der Waals surface area contributed by atoms with Crippen LogP contribution in [0.1, 0.15) is 76.8 Å². The molecule has 0 radical (unpaired) electrons. The summed E-state index contributed by atoms with van der Waals surface area (Å²) in [5, 5.41) is 19.6. The van der Waals surface area contributed by atoms with Gasteiger partial charge in [-0.3, -0.25) is 14.4 Å². The average molecular weight is 476 g/mol. The van der Waals surface area contributed by atoms with Gasteiger partial charge in [0.2, 0.25) is 6.79 Å². The Morgan fingerprint density at radius 3 is 2.44 bits per heavy atom. The van der Waals surface area contributed by atoms with E-state index in [1.807, 2.05) is 26.8 Å². The molecule has 0 spiro atoms. The van der Waals surface area contributed by atoms with Crippen LogP contribution in [-0.4, -0.2) is 47.5 Å². The molecule has 2 fully saturated rings. The standard InChI is InChI=1S/C22H31NO3.C4H6O4/c1-21(2,3)20(24)26-14-25-16-8-7-15-12-19-17-6-4-5-9-22(17,10-11-23-19)18(15)13-16;5-3(6)1-2-4(7)8/h7-8,13,17,19,23H,4-6,9-12,14H2,1-3H3;1-2H2,(H,5,6)(H,7,8)/t17-,19+,22+;/m1./s1. The maximum absolute atomic E-state index is 11.9. The van der Waals surface area contributed by atoms with Crippen molar-refractivity contribution in [3.8, 4) is 5.75 Å². The molecule has 1 saturated heterocycles. The van der Waals surface area contributed by atoms with Crippen molar-refractivity contribution in [2.24, 2.45) is 11.3 Å². The van der Waals surface area contributed by atoms with Gasteiger partial charge in [0, 0.05) is 11.5 Å². The van der Waals surface area contributed by atoms with E-state index in [1.54, 1.807) is 0 Å². The van der Waals surface area contributed by atoms with Crippen LogP contribution in [0.5, 0.6) is 5.75 Å². The number of esters is 1. The van der Waals surface area contributed by atoms with E-state index < -0.39 is 17.4 Å². The average Bonchev–Trinajstić information content (AvgIpc) is 2.78. The highest BCUT2D eigenvalue weighted by Crippen LogP contribution is 2.54. The fraction of sp³-hybridized carbons (Fsp3) is 0.654. The lowest BCUT2D eigenvalue weighted by Gasteiger charge is -2.56. The molecule has 2 bridgehead atoms. The normalized spacial score (nSPS) is 25.0. The molecular weight excluding hydrogens is 438 g/mol. The summed E-state index contributed by atoms with van der Waals surface area (Å²) < 4.78 is 11.1. The SMILES string of the molecule is CC(C)(C)C(=O)OCOc1ccc2c(c1)[C@]13CCCC[C@@H]1[C@H](C2)NCC3.O=C(O)CCC(=O)O. The van der Waals surface area contributed by atoms with E-state index in [0.29, 0.717) is 11.5 Å². The molecule has 0 amide bonds. The third kappa shape index (κ3) is 6.09. The summed E-state index contributed by atoms with van der Waals surface area (Å²) in [5.41, 5.74) is 2.79. The number of nitrogens with one attached hydrogen (secondary N) is 1. The molecule has 0 unspecified atom stereocenters. The van der Waals surface area contributed by atoms with Gasteiger partial charge in [-0.15, -0.1) is 0 Å². The fourth-order valence-electron chi connectivity index (χ4n) is 5.57. The summed E-state index contributed by atoms with van der Waals surface area (Å²) in [6, 6.07) is 7.12. The van der Waals surface area contributed by atoms with Gasteiger partial charge in [0.1, 0.15) is 5.75 Å². The Labute approximate surface area is 201 Å². The topological polar surface area (TPSA) is 122 Å². The molecule has 4 rings (SSSR count). The van der Waals surface area contributed by atoms with Crippen molar-refractivity contribution in [2.45, 2.75) is 83.6 Å². The van der Waals surface area contributed by atoms with E-state index in [-0.39, 0.29) is 25.6 Å². The van der Waals surface area contributed by atoms with Crippen molar-refractivity contribution in [3.63, 3.8) is 0 Å². The van der Waals surface area contributed by atoms with Crippen LogP contribution in [0.25, 0.3) is 0 Å². The Balaban J connectivity index is 0.000000350. The first-order valence-corrected chi connectivity index (χ1v) is 12.1. The van der Waals surface area contributed by atoms with E-state index in [2.05, 4.69) is 17.4 Å². The Morgan fingerprint density at radius 2 is 1.79 bits per heavy atom. The lowest BCUT2D eigenvalue weighted by Crippen LogP contribution is -2.59. The van der Waals surface area contributed by atoms with Crippen molar-refractivity contribution >= 4 is 17.9 Å². The molecular formula is C26H37NO7. The molecule has 1 aliphatic heterocycles. The summed E-state index contributed by atoms with van der Waals surface area (Å²) in [7, 11) is 0. The predicted octanol–water partition coefficient (Wildman–Crippen LogP) is 3.89. The third-order valence-corrected chi connectivity index (χ3v) is 7.20. The molecule has 3 aliphatic rings. The quantitative estimate of drug-likeness (QED) is 0.418. The molecule has 8 heteroatoms. The zero-order valence-electron chi connectivity index (χ0n) is 20.4. The van der Waals surface area contributed by atoms with Crippen LogP contribution in [0.2, 0.25) is 0 Å². The number of carbonyl (C=O) groups is 3. The number of ether oxygens (including phenoxy) is 2. The lowest BCUT2D eigenvalue weighted by atomic mass is 9.53. The molecule has 0 aromatic heterocycles. The van der Waals surface area contributed by atoms with Crippen LogP contribution in [0.15, 0.2) is 18.2 Å². The first-order valence-electron chi connectivity index (χ1n) is 12.1. The smallest absolute Gasteiger partial charge is 0.314 e. The Bertz CT molecular complexity index is 889. The van der Waals surface area contributed by atoms with Gasteiger partial charge in [0.05, 0.1) is 18.3 Å². The van der Waals surface area contributed by atoms with Gasteiger partial charge in [0.25, 0.3) is 0 Å². The first-order chi connectivity index (χ1) is 16.0. The van der Waals surface area contributed by atoms with E-state index in [1.165, 1.54) is 43.2 Å². The maximum atomic E-state index is 11.9. The maximum Gasteiger partial charge on any atom is 0.314 e. The van der Waals surface area contributed by atoms with Crippen molar-refractivity contribution in [1.82, 2.24) is 5.32 Å². The van der Waals surface area contributed by atoms with E-state index in [9.17, 15) is 14.4 Å². The molecule has 1 aromatic rings. The number of rotatable bonds is 6. The van der Waals surface area contributed by atoms with E-state index in [0.717, 1.165) is 24.6 Å². The minimum Gasteiger partial charge on any atom is -0.481 e. The number of hydrogen-bond acceptors (Lipinski definition) is 6. The van der Waals surface area contributed by atoms with E-state index in [4.69, 9.17) is 19.7 Å². The van der Waals surface area contributed by atoms with Crippen molar-refractivity contribution in [1.29, 1.82) is 0 Å². The van der Waals surface area contributed by atoms with Crippen molar-refractivity contribution in [3.05, 3.63) is 29.3 Å². The molecule has 188 valence electrons. The highest BCUT2D eigenvalue weighted by Gasteiger charge is 2.51. The number of carbonyl (C=O) groups excluding carboxylic acids is 1. The van der Waals surface area contributed by atoms with Crippen LogP contribution in [-0.2, 0) is 31.0 Å². The van der Waals surface area contributed by atoms with Crippen LogP contribution in [0, 0.1) is 11.3 Å². The second-order valence-corrected chi connectivity index (χ2v) is 10.6. The van der Waals surface area contributed by atoms with Crippen LogP contribution < -0.4 is 10.1 Å². The van der Waals surface area contributed by atoms with Crippen molar-refractivity contribution in [2.75, 3.05) is 13.3 Å².